The van der Waals surface area contributed by atoms with Crippen LogP contribution in [0.15, 0.2) is 41.3 Å². The lowest BCUT2D eigenvalue weighted by Gasteiger charge is -2.26. The molecular weight excluding hydrogens is 381 g/mol. The lowest BCUT2D eigenvalue weighted by atomic mass is 10.0. The standard InChI is InChI=1S/C18H17F3N2O3S/c1-25-14-6-5-10(9-15(14)26-17(20)21)22-18(24)23-13-7-8-27-16-11(13)3-2-4-12(16)19/h2-6,9,13,17H,7-8H2,1H3,(H2,22,23,24). The smallest absolute Gasteiger partial charge is 0.387 e. The number of benzene rings is 2. The first-order valence-corrected chi connectivity index (χ1v) is 9.08. The Balaban J connectivity index is 1.71. The minimum absolute atomic E-state index is 0.120. The number of carbonyl (C=O) groups is 1. The summed E-state index contributed by atoms with van der Waals surface area (Å²) in [6, 6.07) is 8.05. The third-order valence-corrected chi connectivity index (χ3v) is 5.13. The highest BCUT2D eigenvalue weighted by Gasteiger charge is 2.24. The van der Waals surface area contributed by atoms with Crippen LogP contribution in [0, 0.1) is 5.82 Å². The van der Waals surface area contributed by atoms with Gasteiger partial charge in [0.1, 0.15) is 5.82 Å². The number of carbonyl (C=O) groups excluding carboxylic acids is 1. The minimum Gasteiger partial charge on any atom is -0.493 e. The van der Waals surface area contributed by atoms with Crippen molar-refractivity contribution in [2.24, 2.45) is 0 Å². The van der Waals surface area contributed by atoms with Gasteiger partial charge in [-0.25, -0.2) is 9.18 Å². The Morgan fingerprint density at radius 3 is 2.81 bits per heavy atom. The van der Waals surface area contributed by atoms with Crippen molar-refractivity contribution in [2.75, 3.05) is 18.2 Å². The second kappa shape index (κ2) is 8.43. The van der Waals surface area contributed by atoms with E-state index >= 15 is 0 Å². The van der Waals surface area contributed by atoms with E-state index < -0.39 is 12.6 Å². The van der Waals surface area contributed by atoms with Crippen LogP contribution in [-0.2, 0) is 0 Å². The van der Waals surface area contributed by atoms with Gasteiger partial charge >= 0.3 is 12.6 Å². The zero-order chi connectivity index (χ0) is 19.4. The summed E-state index contributed by atoms with van der Waals surface area (Å²) < 4.78 is 48.3. The highest BCUT2D eigenvalue weighted by molar-refractivity contribution is 7.99. The van der Waals surface area contributed by atoms with Crippen LogP contribution in [-0.4, -0.2) is 25.5 Å². The van der Waals surface area contributed by atoms with Crippen molar-refractivity contribution in [3.8, 4) is 11.5 Å². The number of hydrogen-bond donors (Lipinski definition) is 2. The molecule has 2 aromatic rings. The van der Waals surface area contributed by atoms with Crippen LogP contribution in [0.4, 0.5) is 23.7 Å². The van der Waals surface area contributed by atoms with Crippen molar-refractivity contribution in [3.05, 3.63) is 47.8 Å². The highest BCUT2D eigenvalue weighted by atomic mass is 32.2. The molecule has 144 valence electrons. The van der Waals surface area contributed by atoms with Crippen LogP contribution in [0.5, 0.6) is 11.5 Å². The van der Waals surface area contributed by atoms with Crippen molar-refractivity contribution in [1.82, 2.24) is 5.32 Å². The predicted molar refractivity (Wildman–Crippen MR) is 96.3 cm³/mol. The van der Waals surface area contributed by atoms with Gasteiger partial charge in [-0.1, -0.05) is 12.1 Å². The summed E-state index contributed by atoms with van der Waals surface area (Å²) >= 11 is 1.41. The fraction of sp³-hybridized carbons (Fsp3) is 0.278. The zero-order valence-electron chi connectivity index (χ0n) is 14.3. The summed E-state index contributed by atoms with van der Waals surface area (Å²) in [6.07, 6.45) is 0.650. The molecule has 0 aliphatic carbocycles. The summed E-state index contributed by atoms with van der Waals surface area (Å²) in [5.41, 5.74) is 0.978. The average molecular weight is 398 g/mol. The molecule has 0 bridgehead atoms. The Morgan fingerprint density at radius 1 is 1.26 bits per heavy atom. The summed E-state index contributed by atoms with van der Waals surface area (Å²) in [5.74, 6) is 0.295. The van der Waals surface area contributed by atoms with Crippen molar-refractivity contribution >= 4 is 23.5 Å². The van der Waals surface area contributed by atoms with E-state index in [9.17, 15) is 18.0 Å². The molecule has 0 spiro atoms. The molecular formula is C18H17F3N2O3S. The Morgan fingerprint density at radius 2 is 2.07 bits per heavy atom. The van der Waals surface area contributed by atoms with Crippen molar-refractivity contribution in [2.45, 2.75) is 24.0 Å². The fourth-order valence-electron chi connectivity index (χ4n) is 2.80. The molecule has 2 amide bonds. The van der Waals surface area contributed by atoms with Gasteiger partial charge in [-0.15, -0.1) is 11.8 Å². The van der Waals surface area contributed by atoms with Gasteiger partial charge in [-0.2, -0.15) is 8.78 Å². The molecule has 9 heteroatoms. The predicted octanol–water partition coefficient (Wildman–Crippen LogP) is 4.79. The first-order valence-electron chi connectivity index (χ1n) is 8.09. The third-order valence-electron chi connectivity index (χ3n) is 3.97. The fourth-order valence-corrected chi connectivity index (χ4v) is 3.94. The summed E-state index contributed by atoms with van der Waals surface area (Å²) in [7, 11) is 1.32. The van der Waals surface area contributed by atoms with E-state index in [0.29, 0.717) is 17.1 Å². The van der Waals surface area contributed by atoms with Gasteiger partial charge in [0.2, 0.25) is 0 Å². The number of rotatable bonds is 5. The van der Waals surface area contributed by atoms with Crippen LogP contribution >= 0.6 is 11.8 Å². The van der Waals surface area contributed by atoms with Gasteiger partial charge in [0.25, 0.3) is 0 Å². The molecule has 0 saturated heterocycles. The molecule has 0 aromatic heterocycles. The summed E-state index contributed by atoms with van der Waals surface area (Å²) in [5, 5.41) is 5.36. The van der Waals surface area contributed by atoms with Gasteiger partial charge in [0.15, 0.2) is 11.5 Å². The number of thioether (sulfide) groups is 1. The number of urea groups is 1. The van der Waals surface area contributed by atoms with E-state index in [0.717, 1.165) is 5.56 Å². The largest absolute Gasteiger partial charge is 0.493 e. The molecule has 1 aliphatic rings. The lowest BCUT2D eigenvalue weighted by molar-refractivity contribution is -0.0511. The Hall–Kier alpha value is -2.55. The topological polar surface area (TPSA) is 59.6 Å². The number of methoxy groups -OCH3 is 1. The van der Waals surface area contributed by atoms with Crippen molar-refractivity contribution in [3.63, 3.8) is 0 Å². The van der Waals surface area contributed by atoms with Crippen molar-refractivity contribution in [1.29, 1.82) is 0 Å². The number of anilines is 1. The number of amides is 2. The molecule has 1 aliphatic heterocycles. The second-order valence-electron chi connectivity index (χ2n) is 5.69. The Kier molecular flexibility index (Phi) is 6.00. The maximum absolute atomic E-state index is 13.9. The molecule has 1 unspecified atom stereocenters. The number of ether oxygens (including phenoxy) is 2. The average Bonchev–Trinajstić information content (AvgIpc) is 2.62. The second-order valence-corrected chi connectivity index (χ2v) is 6.80. The molecule has 1 heterocycles. The SMILES string of the molecule is COc1ccc(NC(=O)NC2CCSc3c(F)cccc32)cc1OC(F)F. The molecule has 2 aromatic carbocycles. The van der Waals surface area contributed by atoms with Crippen LogP contribution in [0.25, 0.3) is 0 Å². The van der Waals surface area contributed by atoms with E-state index in [1.807, 2.05) is 0 Å². The quantitative estimate of drug-likeness (QED) is 0.760. The normalized spacial score (nSPS) is 15.8. The zero-order valence-corrected chi connectivity index (χ0v) is 15.1. The maximum atomic E-state index is 13.9. The van der Waals surface area contributed by atoms with Crippen molar-refractivity contribution < 1.29 is 27.4 Å². The highest BCUT2D eigenvalue weighted by Crippen LogP contribution is 2.38. The molecule has 0 radical (unpaired) electrons. The van der Waals surface area contributed by atoms with Crippen LogP contribution in [0.3, 0.4) is 0 Å². The first kappa shape index (κ1) is 19.2. The molecule has 5 nitrogen and oxygen atoms in total. The number of halogens is 3. The molecule has 1 atom stereocenters. The molecule has 0 saturated carbocycles. The molecule has 0 fully saturated rings. The van der Waals surface area contributed by atoms with Gasteiger partial charge in [0.05, 0.1) is 13.2 Å². The monoisotopic (exact) mass is 398 g/mol. The van der Waals surface area contributed by atoms with Crippen LogP contribution < -0.4 is 20.1 Å². The maximum Gasteiger partial charge on any atom is 0.387 e. The third kappa shape index (κ3) is 4.60. The van der Waals surface area contributed by atoms with Crippen LogP contribution in [0.1, 0.15) is 18.0 Å². The van der Waals surface area contributed by atoms with Gasteiger partial charge < -0.3 is 20.1 Å². The van der Waals surface area contributed by atoms with E-state index in [2.05, 4.69) is 15.4 Å². The van der Waals surface area contributed by atoms with E-state index in [-0.39, 0.29) is 29.0 Å². The number of hydrogen-bond acceptors (Lipinski definition) is 4. The van der Waals surface area contributed by atoms with Gasteiger partial charge in [-0.3, -0.25) is 0 Å². The Labute approximate surface area is 158 Å². The Bertz CT molecular complexity index is 835. The number of fused-ring (bicyclic) bond motifs is 1. The number of nitrogens with one attached hydrogen (secondary N) is 2. The number of alkyl halides is 2. The molecule has 3 rings (SSSR count). The first-order chi connectivity index (χ1) is 13.0. The summed E-state index contributed by atoms with van der Waals surface area (Å²) in [6.45, 7) is -3.02. The van der Waals surface area contributed by atoms with E-state index in [1.165, 1.54) is 43.1 Å². The van der Waals surface area contributed by atoms with Crippen LogP contribution in [0.2, 0.25) is 0 Å². The molecule has 2 N–H and O–H groups in total. The minimum atomic E-state index is -3.02. The lowest BCUT2D eigenvalue weighted by Crippen LogP contribution is -2.34. The van der Waals surface area contributed by atoms with Gasteiger partial charge in [0, 0.05) is 22.4 Å². The summed E-state index contributed by atoms with van der Waals surface area (Å²) in [4.78, 5) is 12.9. The van der Waals surface area contributed by atoms with E-state index in [4.69, 9.17) is 4.74 Å². The van der Waals surface area contributed by atoms with E-state index in [1.54, 1.807) is 12.1 Å². The van der Waals surface area contributed by atoms with Gasteiger partial charge in [-0.05, 0) is 30.2 Å². The molecule has 27 heavy (non-hydrogen) atoms.